The van der Waals surface area contributed by atoms with Gasteiger partial charge >= 0.3 is 0 Å². The molecule has 1 unspecified atom stereocenters. The molecule has 6 heteroatoms. The maximum Gasteiger partial charge on any atom is 0.153 e. The zero-order valence-electron chi connectivity index (χ0n) is 11.4. The van der Waals surface area contributed by atoms with Crippen LogP contribution in [0.15, 0.2) is 41.1 Å². The Kier molecular flexibility index (Phi) is 3.25. The van der Waals surface area contributed by atoms with E-state index in [-0.39, 0.29) is 12.1 Å². The molecule has 0 fully saturated rings. The molecule has 1 atom stereocenters. The molecule has 2 heterocycles. The molecule has 0 saturated heterocycles. The second kappa shape index (κ2) is 5.07. The van der Waals surface area contributed by atoms with E-state index in [9.17, 15) is 0 Å². The minimum Gasteiger partial charge on any atom is -0.459 e. The molecule has 1 aromatic carbocycles. The second-order valence-corrected chi connectivity index (χ2v) is 4.94. The molecule has 2 aromatic heterocycles. The quantitative estimate of drug-likeness (QED) is 0.561. The van der Waals surface area contributed by atoms with Crippen LogP contribution >= 0.6 is 0 Å². The fourth-order valence-corrected chi connectivity index (χ4v) is 2.29. The molecule has 0 bridgehead atoms. The van der Waals surface area contributed by atoms with Gasteiger partial charge in [0.25, 0.3) is 0 Å². The lowest BCUT2D eigenvalue weighted by Crippen LogP contribution is -2.31. The summed E-state index contributed by atoms with van der Waals surface area (Å²) in [6, 6.07) is 9.70. The van der Waals surface area contributed by atoms with E-state index < -0.39 is 0 Å². The number of fused-ring (bicyclic) bond motifs is 1. The van der Waals surface area contributed by atoms with Crippen LogP contribution in [-0.4, -0.2) is 14.8 Å². The molecule has 104 valence electrons. The molecular formula is C14H17N5O. The number of para-hydroxylation sites is 1. The summed E-state index contributed by atoms with van der Waals surface area (Å²) in [6.45, 7) is 4.09. The number of hydrazine groups is 1. The molecule has 3 rings (SSSR count). The molecule has 0 aliphatic heterocycles. The van der Waals surface area contributed by atoms with Crippen molar-refractivity contribution in [2.45, 2.75) is 25.9 Å². The predicted octanol–water partition coefficient (Wildman–Crippen LogP) is 2.16. The van der Waals surface area contributed by atoms with Crippen LogP contribution in [0.1, 0.15) is 37.5 Å². The van der Waals surface area contributed by atoms with Crippen molar-refractivity contribution in [1.82, 2.24) is 20.2 Å². The van der Waals surface area contributed by atoms with E-state index in [0.29, 0.717) is 0 Å². The zero-order valence-corrected chi connectivity index (χ0v) is 11.4. The molecule has 0 radical (unpaired) electrons. The Hall–Kier alpha value is -2.18. The van der Waals surface area contributed by atoms with Crippen LogP contribution in [0.3, 0.4) is 0 Å². The average molecular weight is 271 g/mol. The van der Waals surface area contributed by atoms with Crippen LogP contribution in [0.25, 0.3) is 11.0 Å². The van der Waals surface area contributed by atoms with Gasteiger partial charge in [0.15, 0.2) is 5.82 Å². The fraction of sp³-hybridized carbons (Fsp3) is 0.286. The Labute approximate surface area is 116 Å². The van der Waals surface area contributed by atoms with Crippen molar-refractivity contribution >= 4 is 11.0 Å². The molecule has 0 aliphatic rings. The SMILES string of the molecule is CC(C)n1ncnc1C(NN)c1cc2ccccc2o1. The largest absolute Gasteiger partial charge is 0.459 e. The molecule has 6 nitrogen and oxygen atoms in total. The number of nitrogens with one attached hydrogen (secondary N) is 1. The normalized spacial score (nSPS) is 13.2. The molecule has 3 N–H and O–H groups in total. The summed E-state index contributed by atoms with van der Waals surface area (Å²) in [7, 11) is 0. The van der Waals surface area contributed by atoms with Crippen LogP contribution in [-0.2, 0) is 0 Å². The third-order valence-electron chi connectivity index (χ3n) is 3.24. The summed E-state index contributed by atoms with van der Waals surface area (Å²) in [6.07, 6.45) is 1.53. The standard InChI is InChI=1S/C14H17N5O/c1-9(2)19-14(16-8-17-19)13(18-15)12-7-10-5-3-4-6-11(10)20-12/h3-9,13,18H,15H2,1-2H3. The summed E-state index contributed by atoms with van der Waals surface area (Å²) in [4.78, 5) is 4.30. The van der Waals surface area contributed by atoms with E-state index in [4.69, 9.17) is 10.3 Å². The maximum atomic E-state index is 5.86. The predicted molar refractivity (Wildman–Crippen MR) is 75.8 cm³/mol. The molecule has 20 heavy (non-hydrogen) atoms. The van der Waals surface area contributed by atoms with Crippen LogP contribution < -0.4 is 11.3 Å². The third-order valence-corrected chi connectivity index (χ3v) is 3.24. The van der Waals surface area contributed by atoms with Gasteiger partial charge in [-0.3, -0.25) is 5.84 Å². The van der Waals surface area contributed by atoms with E-state index >= 15 is 0 Å². The first-order valence-corrected chi connectivity index (χ1v) is 6.54. The molecule has 3 aromatic rings. The summed E-state index contributed by atoms with van der Waals surface area (Å²) in [5.41, 5.74) is 3.59. The topological polar surface area (TPSA) is 81.9 Å². The van der Waals surface area contributed by atoms with Crippen LogP contribution in [0.5, 0.6) is 0 Å². The Morgan fingerprint density at radius 1 is 1.30 bits per heavy atom. The highest BCUT2D eigenvalue weighted by atomic mass is 16.3. The van der Waals surface area contributed by atoms with Crippen LogP contribution in [0, 0.1) is 0 Å². The number of rotatable bonds is 4. The van der Waals surface area contributed by atoms with Gasteiger partial charge in [0.2, 0.25) is 0 Å². The number of benzene rings is 1. The van der Waals surface area contributed by atoms with Gasteiger partial charge in [0, 0.05) is 11.4 Å². The molecule has 0 spiro atoms. The fourth-order valence-electron chi connectivity index (χ4n) is 2.29. The minimum atomic E-state index is -0.327. The lowest BCUT2D eigenvalue weighted by Gasteiger charge is -2.16. The van der Waals surface area contributed by atoms with Gasteiger partial charge in [-0.1, -0.05) is 18.2 Å². The van der Waals surface area contributed by atoms with Crippen molar-refractivity contribution in [2.24, 2.45) is 5.84 Å². The summed E-state index contributed by atoms with van der Waals surface area (Å²) in [5, 5.41) is 5.27. The number of hydrogen-bond acceptors (Lipinski definition) is 5. The van der Waals surface area contributed by atoms with E-state index in [1.807, 2.05) is 48.9 Å². The van der Waals surface area contributed by atoms with Crippen molar-refractivity contribution in [3.8, 4) is 0 Å². The van der Waals surface area contributed by atoms with Crippen molar-refractivity contribution in [3.63, 3.8) is 0 Å². The first-order chi connectivity index (χ1) is 9.70. The van der Waals surface area contributed by atoms with E-state index in [1.54, 1.807) is 0 Å². The van der Waals surface area contributed by atoms with Crippen molar-refractivity contribution in [1.29, 1.82) is 0 Å². The van der Waals surface area contributed by atoms with E-state index in [0.717, 1.165) is 22.6 Å². The first-order valence-electron chi connectivity index (χ1n) is 6.54. The highest BCUT2D eigenvalue weighted by Gasteiger charge is 2.23. The highest BCUT2D eigenvalue weighted by Crippen LogP contribution is 2.27. The van der Waals surface area contributed by atoms with Crippen LogP contribution in [0.4, 0.5) is 0 Å². The Bertz CT molecular complexity index is 682. The summed E-state index contributed by atoms with van der Waals surface area (Å²) < 4.78 is 7.69. The van der Waals surface area contributed by atoms with Gasteiger partial charge in [-0.15, -0.1) is 0 Å². The Morgan fingerprint density at radius 3 is 2.80 bits per heavy atom. The first kappa shape index (κ1) is 12.8. The lowest BCUT2D eigenvalue weighted by molar-refractivity contribution is 0.422. The number of furan rings is 1. The zero-order chi connectivity index (χ0) is 14.1. The number of hydrogen-bond donors (Lipinski definition) is 2. The van der Waals surface area contributed by atoms with Crippen molar-refractivity contribution in [2.75, 3.05) is 0 Å². The molecular weight excluding hydrogens is 254 g/mol. The van der Waals surface area contributed by atoms with Gasteiger partial charge in [0.05, 0.1) is 0 Å². The Morgan fingerprint density at radius 2 is 2.10 bits per heavy atom. The third kappa shape index (κ3) is 2.09. The van der Waals surface area contributed by atoms with Gasteiger partial charge in [0.1, 0.15) is 23.7 Å². The number of nitrogens with two attached hydrogens (primary N) is 1. The molecule has 0 aliphatic carbocycles. The van der Waals surface area contributed by atoms with Gasteiger partial charge in [-0.2, -0.15) is 5.10 Å². The van der Waals surface area contributed by atoms with Gasteiger partial charge < -0.3 is 4.42 Å². The van der Waals surface area contributed by atoms with Crippen molar-refractivity contribution in [3.05, 3.63) is 48.2 Å². The minimum absolute atomic E-state index is 0.202. The van der Waals surface area contributed by atoms with E-state index in [2.05, 4.69) is 15.5 Å². The Balaban J connectivity index is 2.06. The average Bonchev–Trinajstić information content (AvgIpc) is 3.05. The molecule has 0 amide bonds. The lowest BCUT2D eigenvalue weighted by atomic mass is 10.2. The maximum absolute atomic E-state index is 5.86. The number of aromatic nitrogens is 3. The number of nitrogens with zero attached hydrogens (tertiary/aromatic N) is 3. The molecule has 0 saturated carbocycles. The van der Waals surface area contributed by atoms with Crippen molar-refractivity contribution < 1.29 is 4.42 Å². The smallest absolute Gasteiger partial charge is 0.153 e. The second-order valence-electron chi connectivity index (χ2n) is 4.94. The summed E-state index contributed by atoms with van der Waals surface area (Å²) >= 11 is 0. The van der Waals surface area contributed by atoms with E-state index in [1.165, 1.54) is 6.33 Å². The van der Waals surface area contributed by atoms with Crippen LogP contribution in [0.2, 0.25) is 0 Å². The summed E-state index contributed by atoms with van der Waals surface area (Å²) in [5.74, 6) is 7.16. The van der Waals surface area contributed by atoms with Gasteiger partial charge in [-0.25, -0.2) is 15.1 Å². The monoisotopic (exact) mass is 271 g/mol. The highest BCUT2D eigenvalue weighted by molar-refractivity contribution is 5.77. The van der Waals surface area contributed by atoms with Gasteiger partial charge in [-0.05, 0) is 26.0 Å².